The summed E-state index contributed by atoms with van der Waals surface area (Å²) in [4.78, 5) is 13.6. The summed E-state index contributed by atoms with van der Waals surface area (Å²) in [5, 5.41) is 16.2. The molecule has 2 atom stereocenters. The van der Waals surface area contributed by atoms with Crippen LogP contribution in [0.15, 0.2) is 34.5 Å². The molecule has 3 heterocycles. The highest BCUT2D eigenvalue weighted by molar-refractivity contribution is 6.30. The molecule has 0 bridgehead atoms. The van der Waals surface area contributed by atoms with Crippen molar-refractivity contribution in [3.8, 4) is 0 Å². The van der Waals surface area contributed by atoms with Crippen LogP contribution in [-0.4, -0.2) is 96.4 Å². The predicted octanol–water partition coefficient (Wildman–Crippen LogP) is 3.16. The van der Waals surface area contributed by atoms with Gasteiger partial charge in [0.15, 0.2) is 0 Å². The largest absolute Gasteiger partial charge is 0.481 e. The van der Waals surface area contributed by atoms with Gasteiger partial charge in [0, 0.05) is 43.7 Å². The van der Waals surface area contributed by atoms with Gasteiger partial charge in [-0.3, -0.25) is 9.69 Å². The lowest BCUT2D eigenvalue weighted by Gasteiger charge is -2.47. The monoisotopic (exact) mass is 547 g/mol. The van der Waals surface area contributed by atoms with Gasteiger partial charge in [-0.15, -0.1) is 10.2 Å². The second-order valence-electron chi connectivity index (χ2n) is 9.29. The number of likely N-dealkylation sites (tertiary alicyclic amines) is 1. The highest BCUT2D eigenvalue weighted by atomic mass is 35.5. The molecule has 13 heteroatoms. The molecule has 3 N–H and O–H groups in total. The van der Waals surface area contributed by atoms with Gasteiger partial charge >= 0.3 is 6.18 Å². The molecule has 1 aromatic rings. The number of aliphatic carboxylic acids is 1. The second-order valence-corrected chi connectivity index (χ2v) is 9.72. The van der Waals surface area contributed by atoms with Crippen LogP contribution in [0.5, 0.6) is 0 Å². The molecular weight excluding hydrogens is 515 g/mol. The molecule has 4 rings (SSSR count). The number of amidine groups is 2. The highest BCUT2D eigenvalue weighted by Gasteiger charge is 2.37. The van der Waals surface area contributed by atoms with Crippen molar-refractivity contribution in [1.82, 2.24) is 9.80 Å². The number of piperidine rings is 1. The molecule has 2 saturated heterocycles. The van der Waals surface area contributed by atoms with Crippen molar-refractivity contribution >= 4 is 29.2 Å². The Bertz CT molecular complexity index is 949. The maximum absolute atomic E-state index is 12.5. The summed E-state index contributed by atoms with van der Waals surface area (Å²) in [5.41, 5.74) is 6.90. The van der Waals surface area contributed by atoms with Crippen LogP contribution in [0.4, 0.5) is 13.2 Å². The van der Waals surface area contributed by atoms with Gasteiger partial charge in [-0.25, -0.2) is 0 Å². The Morgan fingerprint density at radius 3 is 2.46 bits per heavy atom. The summed E-state index contributed by atoms with van der Waals surface area (Å²) in [6.07, 6.45) is -1.52. The molecular formula is C24H33ClF3N5O4. The van der Waals surface area contributed by atoms with E-state index in [4.69, 9.17) is 36.7 Å². The fraction of sp³-hybridized carbons (Fsp3) is 0.625. The van der Waals surface area contributed by atoms with Gasteiger partial charge in [-0.1, -0.05) is 23.7 Å². The van der Waals surface area contributed by atoms with Gasteiger partial charge in [0.05, 0.1) is 25.7 Å². The minimum atomic E-state index is -4.34. The van der Waals surface area contributed by atoms with Crippen LogP contribution < -0.4 is 5.73 Å². The lowest BCUT2D eigenvalue weighted by atomic mass is 9.96. The summed E-state index contributed by atoms with van der Waals surface area (Å²) in [7, 11) is 0. The molecule has 0 radical (unpaired) electrons. The first-order valence-electron chi connectivity index (χ1n) is 12.1. The standard InChI is InChI=1S/C22H29ClF3N5O2.C2H4O2/c23-16-3-1-15(2-4-16)9-18-12-33-19(13-32-14-22(24,25)26)11-31(18)17-5-7-30(8-6-17)21-10-20(27)28-29-21;1-2(3)4/h1-4,17-19H,5-14H2,(H2,27,28);1H3,(H,3,4)/t18-,19+;/m0./s1. The van der Waals surface area contributed by atoms with Crippen molar-refractivity contribution in [2.75, 3.05) is 39.5 Å². The van der Waals surface area contributed by atoms with E-state index in [2.05, 4.69) is 20.0 Å². The number of ether oxygens (including phenoxy) is 2. The van der Waals surface area contributed by atoms with Crippen LogP contribution in [0.25, 0.3) is 0 Å². The Balaban J connectivity index is 0.000000886. The van der Waals surface area contributed by atoms with Crippen molar-refractivity contribution in [2.24, 2.45) is 15.9 Å². The van der Waals surface area contributed by atoms with Gasteiger partial charge in [-0.2, -0.15) is 13.2 Å². The van der Waals surface area contributed by atoms with Crippen molar-refractivity contribution < 1.29 is 32.5 Å². The van der Waals surface area contributed by atoms with Crippen molar-refractivity contribution in [2.45, 2.75) is 57.0 Å². The maximum Gasteiger partial charge on any atom is 0.411 e. The zero-order valence-corrected chi connectivity index (χ0v) is 21.4. The van der Waals surface area contributed by atoms with E-state index < -0.39 is 18.8 Å². The smallest absolute Gasteiger partial charge is 0.411 e. The molecule has 0 saturated carbocycles. The normalized spacial score (nSPS) is 23.2. The first kappa shape index (κ1) is 29.2. The molecule has 0 amide bonds. The van der Waals surface area contributed by atoms with Gasteiger partial charge in [0.25, 0.3) is 5.97 Å². The van der Waals surface area contributed by atoms with Crippen LogP contribution in [-0.2, 0) is 20.7 Å². The Morgan fingerprint density at radius 1 is 1.24 bits per heavy atom. The summed E-state index contributed by atoms with van der Waals surface area (Å²) in [6.45, 7) is 2.42. The Labute approximate surface area is 219 Å². The number of halogens is 4. The molecule has 1 aromatic carbocycles. The second kappa shape index (κ2) is 13.4. The number of nitrogens with zero attached hydrogens (tertiary/aromatic N) is 4. The van der Waals surface area contributed by atoms with Crippen LogP contribution >= 0.6 is 11.6 Å². The number of hydrogen-bond acceptors (Lipinski definition) is 8. The third-order valence-electron chi connectivity index (χ3n) is 6.29. The van der Waals surface area contributed by atoms with Crippen LogP contribution in [0, 0.1) is 0 Å². The fourth-order valence-corrected chi connectivity index (χ4v) is 4.81. The molecule has 0 aromatic heterocycles. The quantitative estimate of drug-likeness (QED) is 0.562. The van der Waals surface area contributed by atoms with Crippen molar-refractivity contribution in [1.29, 1.82) is 0 Å². The lowest BCUT2D eigenvalue weighted by Crippen LogP contribution is -2.58. The zero-order chi connectivity index (χ0) is 27.0. The average Bonchev–Trinajstić information content (AvgIpc) is 3.27. The van der Waals surface area contributed by atoms with E-state index in [1.165, 1.54) is 0 Å². The maximum atomic E-state index is 12.5. The first-order valence-corrected chi connectivity index (χ1v) is 12.5. The van der Waals surface area contributed by atoms with Gasteiger partial charge < -0.3 is 25.2 Å². The van der Waals surface area contributed by atoms with E-state index in [1.807, 2.05) is 24.3 Å². The zero-order valence-electron chi connectivity index (χ0n) is 20.7. The van der Waals surface area contributed by atoms with Gasteiger partial charge in [0.2, 0.25) is 0 Å². The summed E-state index contributed by atoms with van der Waals surface area (Å²) in [5.74, 6) is 0.606. The average molecular weight is 548 g/mol. The SMILES string of the molecule is CC(=O)O.NC1=NN=C(N2CCC(N3C[C@H](COCC(F)(F)F)OC[C@@H]3Cc3ccc(Cl)cc3)CC2)C1. The Hall–Kier alpha value is -2.41. The third-order valence-corrected chi connectivity index (χ3v) is 6.55. The number of morpholine rings is 1. The summed E-state index contributed by atoms with van der Waals surface area (Å²) < 4.78 is 48.3. The van der Waals surface area contributed by atoms with E-state index in [1.54, 1.807) is 0 Å². The number of hydrogen-bond donors (Lipinski definition) is 2. The fourth-order valence-electron chi connectivity index (χ4n) is 4.69. The number of nitrogens with two attached hydrogens (primary N) is 1. The number of alkyl halides is 3. The van der Waals surface area contributed by atoms with Crippen molar-refractivity contribution in [3.63, 3.8) is 0 Å². The van der Waals surface area contributed by atoms with E-state index in [9.17, 15) is 13.2 Å². The molecule has 9 nitrogen and oxygen atoms in total. The summed E-state index contributed by atoms with van der Waals surface area (Å²) in [6, 6.07) is 8.17. The van der Waals surface area contributed by atoms with Crippen LogP contribution in [0.3, 0.4) is 0 Å². The van der Waals surface area contributed by atoms with E-state index in [0.717, 1.165) is 50.7 Å². The van der Waals surface area contributed by atoms with Gasteiger partial charge in [-0.05, 0) is 37.0 Å². The lowest BCUT2D eigenvalue weighted by molar-refractivity contribution is -0.187. The Kier molecular flexibility index (Phi) is 10.6. The Morgan fingerprint density at radius 2 is 1.89 bits per heavy atom. The minimum absolute atomic E-state index is 0.0735. The van der Waals surface area contributed by atoms with E-state index >= 15 is 0 Å². The summed E-state index contributed by atoms with van der Waals surface area (Å²) >= 11 is 6.02. The highest BCUT2D eigenvalue weighted by Crippen LogP contribution is 2.27. The third kappa shape index (κ3) is 9.76. The molecule has 3 aliphatic heterocycles. The number of carboxylic acid groups (broad SMARTS) is 1. The minimum Gasteiger partial charge on any atom is -0.481 e. The van der Waals surface area contributed by atoms with E-state index in [-0.39, 0.29) is 18.8 Å². The van der Waals surface area contributed by atoms with Gasteiger partial charge in [0.1, 0.15) is 18.3 Å². The van der Waals surface area contributed by atoms with Crippen LogP contribution in [0.1, 0.15) is 31.7 Å². The number of rotatable bonds is 6. The first-order chi connectivity index (χ1) is 17.5. The number of benzene rings is 1. The number of carbonyl (C=O) groups is 1. The number of carboxylic acids is 1. The molecule has 37 heavy (non-hydrogen) atoms. The molecule has 2 fully saturated rings. The topological polar surface area (TPSA) is 113 Å². The van der Waals surface area contributed by atoms with Crippen LogP contribution in [0.2, 0.25) is 5.02 Å². The molecule has 206 valence electrons. The predicted molar refractivity (Wildman–Crippen MR) is 134 cm³/mol. The molecule has 0 spiro atoms. The molecule has 0 aliphatic carbocycles. The molecule has 0 unspecified atom stereocenters. The van der Waals surface area contributed by atoms with Crippen molar-refractivity contribution in [3.05, 3.63) is 34.9 Å². The van der Waals surface area contributed by atoms with E-state index in [0.29, 0.717) is 36.5 Å². The molecule has 3 aliphatic rings.